The van der Waals surface area contributed by atoms with Crippen molar-refractivity contribution in [3.8, 4) is 11.5 Å². The Morgan fingerprint density at radius 2 is 1.71 bits per heavy atom. The van der Waals surface area contributed by atoms with Gasteiger partial charge in [0.05, 0.1) is 27.2 Å². The lowest BCUT2D eigenvalue weighted by Gasteiger charge is -2.51. The highest BCUT2D eigenvalue weighted by Crippen LogP contribution is 2.48. The number of ether oxygens (including phenoxy) is 3. The van der Waals surface area contributed by atoms with Crippen molar-refractivity contribution >= 4 is 5.97 Å². The maximum absolute atomic E-state index is 12.1. The highest BCUT2D eigenvalue weighted by molar-refractivity contribution is 5.71. The number of carbonyl (C=O) groups excluding carboxylic acids is 1. The molecule has 1 aromatic rings. The fourth-order valence-electron chi connectivity index (χ4n) is 3.30. The van der Waals surface area contributed by atoms with Gasteiger partial charge in [-0.1, -0.05) is 13.8 Å². The Balaban J connectivity index is 2.57. The third kappa shape index (κ3) is 3.09. The van der Waals surface area contributed by atoms with E-state index in [-0.39, 0.29) is 29.4 Å². The van der Waals surface area contributed by atoms with Gasteiger partial charge in [-0.15, -0.1) is 0 Å². The van der Waals surface area contributed by atoms with E-state index >= 15 is 0 Å². The molecule has 1 N–H and O–H groups in total. The highest BCUT2D eigenvalue weighted by atomic mass is 16.5. The molecular weight excluding hydrogens is 306 g/mol. The van der Waals surface area contributed by atoms with Gasteiger partial charge in [-0.25, -0.2) is 0 Å². The topological polar surface area (TPSA) is 56.8 Å². The lowest BCUT2D eigenvalue weighted by atomic mass is 9.64. The van der Waals surface area contributed by atoms with Crippen LogP contribution in [-0.4, -0.2) is 32.3 Å². The molecule has 0 amide bonds. The van der Waals surface area contributed by atoms with E-state index in [1.165, 1.54) is 0 Å². The highest BCUT2D eigenvalue weighted by Gasteiger charge is 2.46. The Bertz CT molecular complexity index is 622. The number of hydrogen-bond acceptors (Lipinski definition) is 5. The van der Waals surface area contributed by atoms with Crippen molar-refractivity contribution in [2.45, 2.75) is 58.0 Å². The number of esters is 1. The van der Waals surface area contributed by atoms with Gasteiger partial charge in [0.25, 0.3) is 0 Å². The lowest BCUT2D eigenvalue weighted by molar-refractivity contribution is -0.144. The minimum Gasteiger partial charge on any atom is -0.493 e. The molecular formula is C19H29NO4. The number of methoxy groups -OCH3 is 2. The monoisotopic (exact) mass is 335 g/mol. The fraction of sp³-hybridized carbons (Fsp3) is 0.632. The van der Waals surface area contributed by atoms with Gasteiger partial charge in [0.15, 0.2) is 11.5 Å². The van der Waals surface area contributed by atoms with Crippen LogP contribution in [0.4, 0.5) is 0 Å². The second-order valence-corrected chi connectivity index (χ2v) is 7.25. The van der Waals surface area contributed by atoms with Crippen molar-refractivity contribution in [1.29, 1.82) is 0 Å². The van der Waals surface area contributed by atoms with Gasteiger partial charge < -0.3 is 19.5 Å². The molecule has 0 fully saturated rings. The van der Waals surface area contributed by atoms with E-state index in [4.69, 9.17) is 14.2 Å². The van der Waals surface area contributed by atoms with Crippen molar-refractivity contribution in [2.24, 2.45) is 0 Å². The summed E-state index contributed by atoms with van der Waals surface area (Å²) in [5.74, 6) is 1.17. The van der Waals surface area contributed by atoms with Crippen LogP contribution < -0.4 is 14.8 Å². The molecule has 134 valence electrons. The van der Waals surface area contributed by atoms with Crippen LogP contribution in [0.1, 0.15) is 58.2 Å². The van der Waals surface area contributed by atoms with E-state index in [1.807, 2.05) is 19.1 Å². The maximum Gasteiger partial charge on any atom is 0.307 e. The van der Waals surface area contributed by atoms with Gasteiger partial charge in [-0.2, -0.15) is 0 Å². The Labute approximate surface area is 144 Å². The quantitative estimate of drug-likeness (QED) is 0.836. The normalized spacial score (nSPS) is 20.9. The van der Waals surface area contributed by atoms with Gasteiger partial charge in [-0.3, -0.25) is 4.79 Å². The number of fused-ring (bicyclic) bond motifs is 1. The first-order chi connectivity index (χ1) is 11.2. The maximum atomic E-state index is 12.1. The Morgan fingerprint density at radius 3 is 2.25 bits per heavy atom. The van der Waals surface area contributed by atoms with Crippen LogP contribution in [0.5, 0.6) is 11.5 Å². The molecule has 0 aromatic heterocycles. The smallest absolute Gasteiger partial charge is 0.307 e. The summed E-state index contributed by atoms with van der Waals surface area (Å²) in [5.41, 5.74) is 1.88. The average Bonchev–Trinajstić information content (AvgIpc) is 2.51. The molecule has 1 aliphatic heterocycles. The van der Waals surface area contributed by atoms with E-state index in [0.29, 0.717) is 18.1 Å². The SMILES string of the molecule is CCOC(=O)C[C@H]1NC(C)(C)C(C)(C)c2cc(OC)c(OC)cc21. The number of nitrogens with one attached hydrogen (secondary N) is 1. The summed E-state index contributed by atoms with van der Waals surface area (Å²) >= 11 is 0. The van der Waals surface area contributed by atoms with E-state index in [0.717, 1.165) is 11.1 Å². The Hall–Kier alpha value is -1.75. The van der Waals surface area contributed by atoms with Crippen LogP contribution in [0.25, 0.3) is 0 Å². The summed E-state index contributed by atoms with van der Waals surface area (Å²) in [4.78, 5) is 12.1. The van der Waals surface area contributed by atoms with E-state index < -0.39 is 0 Å². The molecule has 0 aliphatic carbocycles. The zero-order chi connectivity index (χ0) is 18.1. The third-order valence-electron chi connectivity index (χ3n) is 5.38. The molecule has 0 saturated carbocycles. The number of benzene rings is 1. The molecule has 1 aliphatic rings. The third-order valence-corrected chi connectivity index (χ3v) is 5.38. The van der Waals surface area contributed by atoms with Crippen LogP contribution in [0.15, 0.2) is 12.1 Å². The minimum atomic E-state index is -0.203. The molecule has 2 rings (SSSR count). The molecule has 1 aromatic carbocycles. The largest absolute Gasteiger partial charge is 0.493 e. The Morgan fingerprint density at radius 1 is 1.12 bits per heavy atom. The first kappa shape index (κ1) is 18.6. The summed E-state index contributed by atoms with van der Waals surface area (Å²) in [5, 5.41) is 3.62. The van der Waals surface area contributed by atoms with Gasteiger partial charge in [0.2, 0.25) is 0 Å². The molecule has 1 heterocycles. The number of carbonyl (C=O) groups is 1. The first-order valence-electron chi connectivity index (χ1n) is 8.37. The van der Waals surface area contributed by atoms with E-state index in [1.54, 1.807) is 14.2 Å². The molecule has 0 spiro atoms. The first-order valence-corrected chi connectivity index (χ1v) is 8.37. The van der Waals surface area contributed by atoms with Crippen molar-refractivity contribution in [3.63, 3.8) is 0 Å². The number of rotatable bonds is 5. The number of hydrogen-bond donors (Lipinski definition) is 1. The zero-order valence-electron chi connectivity index (χ0n) is 15.8. The van der Waals surface area contributed by atoms with E-state index in [9.17, 15) is 4.79 Å². The lowest BCUT2D eigenvalue weighted by Crippen LogP contribution is -2.59. The molecule has 0 unspecified atom stereocenters. The molecule has 0 radical (unpaired) electrons. The standard InChI is InChI=1S/C19H29NO4/c1-8-24-17(21)11-14-12-9-15(22-6)16(23-7)10-13(12)18(2,3)19(4,5)20-14/h9-10,14,20H,8,11H2,1-7H3/t14-/m1/s1. The Kier molecular flexibility index (Phi) is 5.14. The van der Waals surface area contributed by atoms with Crippen LogP contribution in [0.3, 0.4) is 0 Å². The van der Waals surface area contributed by atoms with Gasteiger partial charge >= 0.3 is 5.97 Å². The molecule has 5 nitrogen and oxygen atoms in total. The van der Waals surface area contributed by atoms with Crippen LogP contribution in [0.2, 0.25) is 0 Å². The molecule has 0 saturated heterocycles. The minimum absolute atomic E-state index is 0.123. The second kappa shape index (κ2) is 6.63. The molecule has 5 heteroatoms. The van der Waals surface area contributed by atoms with Crippen molar-refractivity contribution in [2.75, 3.05) is 20.8 Å². The van der Waals surface area contributed by atoms with Crippen molar-refractivity contribution in [1.82, 2.24) is 5.32 Å². The summed E-state index contributed by atoms with van der Waals surface area (Å²) in [7, 11) is 3.26. The van der Waals surface area contributed by atoms with Gasteiger partial charge in [-0.05, 0) is 44.0 Å². The van der Waals surface area contributed by atoms with Gasteiger partial charge in [0.1, 0.15) is 0 Å². The molecule has 1 atom stereocenters. The van der Waals surface area contributed by atoms with Crippen LogP contribution >= 0.6 is 0 Å². The molecule has 0 bridgehead atoms. The molecule has 24 heavy (non-hydrogen) atoms. The van der Waals surface area contributed by atoms with Gasteiger partial charge in [0, 0.05) is 17.0 Å². The summed E-state index contributed by atoms with van der Waals surface area (Å²) < 4.78 is 16.1. The predicted molar refractivity (Wildman–Crippen MR) is 93.8 cm³/mol. The predicted octanol–water partition coefficient (Wildman–Crippen LogP) is 3.36. The summed E-state index contributed by atoms with van der Waals surface area (Å²) in [6.07, 6.45) is 0.288. The second-order valence-electron chi connectivity index (χ2n) is 7.25. The van der Waals surface area contributed by atoms with Crippen molar-refractivity contribution < 1.29 is 19.0 Å². The van der Waals surface area contributed by atoms with E-state index in [2.05, 4.69) is 33.0 Å². The van der Waals surface area contributed by atoms with Crippen LogP contribution in [-0.2, 0) is 14.9 Å². The zero-order valence-corrected chi connectivity index (χ0v) is 15.8. The average molecular weight is 335 g/mol. The fourth-order valence-corrected chi connectivity index (χ4v) is 3.30. The summed E-state index contributed by atoms with van der Waals surface area (Å²) in [6.45, 7) is 10.9. The summed E-state index contributed by atoms with van der Waals surface area (Å²) in [6, 6.07) is 3.89. The van der Waals surface area contributed by atoms with Crippen molar-refractivity contribution in [3.05, 3.63) is 23.3 Å². The van der Waals surface area contributed by atoms with Crippen LogP contribution in [0, 0.1) is 0 Å².